The minimum atomic E-state index is -0.195. The minimum Gasteiger partial charge on any atom is -0.343 e. The van der Waals surface area contributed by atoms with E-state index >= 15 is 0 Å². The first-order valence-electron chi connectivity index (χ1n) is 11.0. The van der Waals surface area contributed by atoms with Gasteiger partial charge in [-0.2, -0.15) is 0 Å². The predicted octanol–water partition coefficient (Wildman–Crippen LogP) is 4.81. The van der Waals surface area contributed by atoms with E-state index in [2.05, 4.69) is 85.1 Å². The minimum absolute atomic E-state index is 0.00721. The second-order valence-corrected chi connectivity index (χ2v) is 8.34. The molecule has 0 unspecified atom stereocenters. The number of carbonyl (C=O) groups is 1. The number of benzene rings is 3. The van der Waals surface area contributed by atoms with Gasteiger partial charge in [0.1, 0.15) is 0 Å². The highest BCUT2D eigenvalue weighted by Gasteiger charge is 2.21. The fourth-order valence-corrected chi connectivity index (χ4v) is 3.83. The Hall–Kier alpha value is -2.95. The Balaban J connectivity index is 1.75. The molecule has 162 valence electrons. The molecule has 0 radical (unpaired) electrons. The van der Waals surface area contributed by atoms with Crippen LogP contribution < -0.4 is 16.4 Å². The van der Waals surface area contributed by atoms with Gasteiger partial charge in [0, 0.05) is 13.1 Å². The summed E-state index contributed by atoms with van der Waals surface area (Å²) in [5, 5.41) is 6.30. The zero-order chi connectivity index (χ0) is 22.1. The largest absolute Gasteiger partial charge is 0.343 e. The van der Waals surface area contributed by atoms with E-state index in [1.807, 2.05) is 18.2 Å². The standard InChI is InChI=1S/C27H33N3O/c1-20(2)14-26(27(31)30-19-28)25-13-7-12-24(16-25)23-11-6-10-22(15-23)18-29-17-21-8-4-3-5-9-21/h3-13,15-16,20,26,29H,14,17-19,28H2,1-2H3,(H,30,31)/t26-/m1/s1. The summed E-state index contributed by atoms with van der Waals surface area (Å²) in [4.78, 5) is 12.6. The molecule has 31 heavy (non-hydrogen) atoms. The van der Waals surface area contributed by atoms with Gasteiger partial charge in [-0.3, -0.25) is 4.79 Å². The zero-order valence-electron chi connectivity index (χ0n) is 18.5. The van der Waals surface area contributed by atoms with Crippen LogP contribution in [0.1, 0.15) is 42.9 Å². The van der Waals surface area contributed by atoms with Crippen molar-refractivity contribution in [2.75, 3.05) is 6.67 Å². The molecular weight excluding hydrogens is 382 g/mol. The maximum absolute atomic E-state index is 12.6. The van der Waals surface area contributed by atoms with Gasteiger partial charge in [0.25, 0.3) is 0 Å². The molecule has 0 aliphatic rings. The van der Waals surface area contributed by atoms with Crippen LogP contribution in [0.4, 0.5) is 0 Å². The molecule has 0 saturated heterocycles. The highest BCUT2D eigenvalue weighted by Crippen LogP contribution is 2.29. The Kier molecular flexibility index (Phi) is 8.39. The lowest BCUT2D eigenvalue weighted by Crippen LogP contribution is -2.34. The maximum atomic E-state index is 12.6. The van der Waals surface area contributed by atoms with Crippen molar-refractivity contribution in [1.29, 1.82) is 0 Å². The molecule has 0 saturated carbocycles. The summed E-state index contributed by atoms with van der Waals surface area (Å²) in [5.41, 5.74) is 11.4. The number of carbonyl (C=O) groups excluding carboxylic acids is 1. The number of hydrogen-bond acceptors (Lipinski definition) is 3. The van der Waals surface area contributed by atoms with Gasteiger partial charge in [0.05, 0.1) is 12.6 Å². The van der Waals surface area contributed by atoms with E-state index in [-0.39, 0.29) is 18.5 Å². The van der Waals surface area contributed by atoms with Gasteiger partial charge in [-0.1, -0.05) is 86.6 Å². The summed E-state index contributed by atoms with van der Waals surface area (Å²) >= 11 is 0. The molecule has 0 aliphatic heterocycles. The molecule has 3 rings (SSSR count). The van der Waals surface area contributed by atoms with Gasteiger partial charge in [0.15, 0.2) is 0 Å². The monoisotopic (exact) mass is 415 g/mol. The molecule has 0 fully saturated rings. The van der Waals surface area contributed by atoms with Crippen molar-refractivity contribution in [2.24, 2.45) is 11.7 Å². The molecule has 0 bridgehead atoms. The Labute approximate surface area is 185 Å². The van der Waals surface area contributed by atoms with Crippen LogP contribution in [0.5, 0.6) is 0 Å². The molecule has 3 aromatic carbocycles. The van der Waals surface area contributed by atoms with Crippen LogP contribution in [-0.2, 0) is 17.9 Å². The lowest BCUT2D eigenvalue weighted by Gasteiger charge is -2.19. The van der Waals surface area contributed by atoms with Crippen LogP contribution in [0.3, 0.4) is 0 Å². The predicted molar refractivity (Wildman–Crippen MR) is 128 cm³/mol. The lowest BCUT2D eigenvalue weighted by atomic mass is 9.88. The SMILES string of the molecule is CC(C)C[C@@H](C(=O)NCN)c1cccc(-c2cccc(CNCc3ccccc3)c2)c1. The Morgan fingerprint density at radius 2 is 1.48 bits per heavy atom. The summed E-state index contributed by atoms with van der Waals surface area (Å²) in [6.07, 6.45) is 0.790. The van der Waals surface area contributed by atoms with Gasteiger partial charge in [-0.15, -0.1) is 0 Å². The highest BCUT2D eigenvalue weighted by atomic mass is 16.1. The zero-order valence-corrected chi connectivity index (χ0v) is 18.5. The molecular formula is C27H33N3O. The van der Waals surface area contributed by atoms with Crippen LogP contribution in [-0.4, -0.2) is 12.6 Å². The second kappa shape index (κ2) is 11.4. The second-order valence-electron chi connectivity index (χ2n) is 8.34. The topological polar surface area (TPSA) is 67.2 Å². The quantitative estimate of drug-likeness (QED) is 0.417. The third-order valence-corrected chi connectivity index (χ3v) is 5.35. The number of rotatable bonds is 10. The third kappa shape index (κ3) is 6.78. The van der Waals surface area contributed by atoms with Crippen molar-refractivity contribution < 1.29 is 4.79 Å². The van der Waals surface area contributed by atoms with E-state index in [1.54, 1.807) is 0 Å². The number of hydrogen-bond donors (Lipinski definition) is 3. The third-order valence-electron chi connectivity index (χ3n) is 5.35. The fraction of sp³-hybridized carbons (Fsp3) is 0.296. The molecule has 0 spiro atoms. The van der Waals surface area contributed by atoms with Crippen molar-refractivity contribution in [1.82, 2.24) is 10.6 Å². The van der Waals surface area contributed by atoms with Crippen LogP contribution >= 0.6 is 0 Å². The Morgan fingerprint density at radius 1 is 0.839 bits per heavy atom. The normalized spacial score (nSPS) is 12.0. The molecule has 1 atom stereocenters. The molecule has 4 heteroatoms. The lowest BCUT2D eigenvalue weighted by molar-refractivity contribution is -0.122. The van der Waals surface area contributed by atoms with Gasteiger partial charge >= 0.3 is 0 Å². The average Bonchev–Trinajstić information content (AvgIpc) is 2.78. The van der Waals surface area contributed by atoms with E-state index in [9.17, 15) is 4.79 Å². The maximum Gasteiger partial charge on any atom is 0.228 e. The summed E-state index contributed by atoms with van der Waals surface area (Å²) in [5.74, 6) is 0.211. The van der Waals surface area contributed by atoms with Crippen LogP contribution in [0.15, 0.2) is 78.9 Å². The number of amides is 1. The van der Waals surface area contributed by atoms with Crippen molar-refractivity contribution in [2.45, 2.75) is 39.3 Å². The Morgan fingerprint density at radius 3 is 2.19 bits per heavy atom. The first kappa shape index (κ1) is 22.7. The summed E-state index contributed by atoms with van der Waals surface area (Å²) in [6.45, 7) is 6.08. The summed E-state index contributed by atoms with van der Waals surface area (Å²) in [7, 11) is 0. The molecule has 0 heterocycles. The molecule has 1 amide bonds. The van der Waals surface area contributed by atoms with Crippen LogP contribution in [0, 0.1) is 5.92 Å². The highest BCUT2D eigenvalue weighted by molar-refractivity contribution is 5.84. The molecule has 4 nitrogen and oxygen atoms in total. The van der Waals surface area contributed by atoms with E-state index < -0.39 is 0 Å². The van der Waals surface area contributed by atoms with Crippen molar-refractivity contribution in [3.05, 3.63) is 95.6 Å². The van der Waals surface area contributed by atoms with Gasteiger partial charge in [-0.05, 0) is 46.2 Å². The Bertz CT molecular complexity index is 969. The molecule has 4 N–H and O–H groups in total. The van der Waals surface area contributed by atoms with Crippen molar-refractivity contribution in [3.63, 3.8) is 0 Å². The van der Waals surface area contributed by atoms with Gasteiger partial charge in [0.2, 0.25) is 5.91 Å². The first-order valence-corrected chi connectivity index (χ1v) is 11.0. The summed E-state index contributed by atoms with van der Waals surface area (Å²) < 4.78 is 0. The van der Waals surface area contributed by atoms with Crippen LogP contribution in [0.25, 0.3) is 11.1 Å². The number of nitrogens with two attached hydrogens (primary N) is 1. The van der Waals surface area contributed by atoms with Crippen molar-refractivity contribution in [3.8, 4) is 11.1 Å². The smallest absolute Gasteiger partial charge is 0.228 e. The fourth-order valence-electron chi connectivity index (χ4n) is 3.83. The average molecular weight is 416 g/mol. The van der Waals surface area contributed by atoms with Gasteiger partial charge in [-0.25, -0.2) is 0 Å². The molecule has 3 aromatic rings. The van der Waals surface area contributed by atoms with Crippen LogP contribution in [0.2, 0.25) is 0 Å². The molecule has 0 aromatic heterocycles. The summed E-state index contributed by atoms with van der Waals surface area (Å²) in [6, 6.07) is 27.3. The molecule has 0 aliphatic carbocycles. The van der Waals surface area contributed by atoms with Gasteiger partial charge < -0.3 is 16.4 Å². The van der Waals surface area contributed by atoms with E-state index in [1.165, 1.54) is 11.1 Å². The number of nitrogens with one attached hydrogen (secondary N) is 2. The van der Waals surface area contributed by atoms with E-state index in [0.29, 0.717) is 5.92 Å². The van der Waals surface area contributed by atoms with Crippen molar-refractivity contribution >= 4 is 5.91 Å². The first-order chi connectivity index (χ1) is 15.1. The van der Waals surface area contributed by atoms with E-state index in [0.717, 1.165) is 36.2 Å². The van der Waals surface area contributed by atoms with E-state index in [4.69, 9.17) is 5.73 Å².